The summed E-state index contributed by atoms with van der Waals surface area (Å²) in [6.07, 6.45) is 0.610. The van der Waals surface area contributed by atoms with E-state index in [0.717, 1.165) is 0 Å². The van der Waals surface area contributed by atoms with Crippen molar-refractivity contribution in [3.05, 3.63) is 0 Å². The number of ether oxygens (including phenoxy) is 1. The fourth-order valence-corrected chi connectivity index (χ4v) is 0.254. The van der Waals surface area contributed by atoms with Crippen molar-refractivity contribution in [1.82, 2.24) is 0 Å². The lowest BCUT2D eigenvalue weighted by Gasteiger charge is -2.00. The molecule has 0 aromatic heterocycles. The first-order valence-electron chi connectivity index (χ1n) is 2.56. The average molecular weight is 131 g/mol. The summed E-state index contributed by atoms with van der Waals surface area (Å²) in [6, 6.07) is 0. The van der Waals surface area contributed by atoms with E-state index >= 15 is 0 Å². The Morgan fingerprint density at radius 2 is 2.11 bits per heavy atom. The largest absolute Gasteiger partial charge is 0.539 e. The number of carbonyl (C=O) groups is 2. The van der Waals surface area contributed by atoms with Crippen LogP contribution < -0.4 is 5.11 Å². The topological polar surface area (TPSA) is 66.4 Å². The third kappa shape index (κ3) is 3.52. The van der Waals surface area contributed by atoms with Crippen LogP contribution in [0.15, 0.2) is 0 Å². The van der Waals surface area contributed by atoms with Gasteiger partial charge in [-0.1, -0.05) is 6.92 Å². The molecule has 52 valence electrons. The summed E-state index contributed by atoms with van der Waals surface area (Å²) in [7, 11) is 0. The normalized spacial score (nSPS) is 8.56. The number of aliphatic carboxylic acids is 1. The van der Waals surface area contributed by atoms with Crippen LogP contribution in [0, 0.1) is 0 Å². The van der Waals surface area contributed by atoms with E-state index in [4.69, 9.17) is 0 Å². The predicted octanol–water partition coefficient (Wildman–Crippen LogP) is -1.31. The van der Waals surface area contributed by atoms with Gasteiger partial charge < -0.3 is 14.6 Å². The smallest absolute Gasteiger partial charge is 0.354 e. The fraction of sp³-hybridized carbons (Fsp3) is 0.600. The molecule has 0 aliphatic rings. The van der Waals surface area contributed by atoms with E-state index in [1.54, 1.807) is 6.92 Å². The first-order valence-corrected chi connectivity index (χ1v) is 2.56. The lowest BCUT2D eigenvalue weighted by molar-refractivity contribution is -0.303. The molecular weight excluding hydrogens is 124 g/mol. The quantitative estimate of drug-likeness (QED) is 0.344. The standard InChI is InChI=1S/C5H8O4/c1-2-3-9-5(8)4(6)7/h2-3H2,1H3,(H,6,7)/p-1. The second-order valence-electron chi connectivity index (χ2n) is 1.42. The molecule has 4 heteroatoms. The van der Waals surface area contributed by atoms with Crippen LogP contribution in [-0.2, 0) is 14.3 Å². The van der Waals surface area contributed by atoms with Gasteiger partial charge in [0.25, 0.3) is 0 Å². The molecule has 0 amide bonds. The van der Waals surface area contributed by atoms with Crippen molar-refractivity contribution >= 4 is 11.9 Å². The molecule has 0 N–H and O–H groups in total. The fourth-order valence-electron chi connectivity index (χ4n) is 0.254. The number of carboxylic acids is 1. The monoisotopic (exact) mass is 131 g/mol. The van der Waals surface area contributed by atoms with Gasteiger partial charge in [-0.2, -0.15) is 0 Å². The molecule has 0 saturated carbocycles. The maximum Gasteiger partial charge on any atom is 0.354 e. The van der Waals surface area contributed by atoms with Gasteiger partial charge in [0, 0.05) is 0 Å². The summed E-state index contributed by atoms with van der Waals surface area (Å²) in [4.78, 5) is 19.6. The van der Waals surface area contributed by atoms with Crippen molar-refractivity contribution in [3.63, 3.8) is 0 Å². The molecule has 0 bridgehead atoms. The second-order valence-corrected chi connectivity index (χ2v) is 1.42. The Balaban J connectivity index is 3.39. The minimum Gasteiger partial charge on any atom is -0.539 e. The van der Waals surface area contributed by atoms with E-state index in [1.165, 1.54) is 0 Å². The molecule has 0 aliphatic carbocycles. The van der Waals surface area contributed by atoms with Gasteiger partial charge in [0.1, 0.15) is 0 Å². The lowest BCUT2D eigenvalue weighted by Crippen LogP contribution is -2.33. The molecule has 0 rings (SSSR count). The van der Waals surface area contributed by atoms with Crippen molar-refractivity contribution in [2.45, 2.75) is 13.3 Å². The highest BCUT2D eigenvalue weighted by molar-refractivity contribution is 6.27. The maximum absolute atomic E-state index is 10.0. The van der Waals surface area contributed by atoms with Crippen molar-refractivity contribution < 1.29 is 19.4 Å². The van der Waals surface area contributed by atoms with E-state index in [2.05, 4.69) is 4.74 Å². The van der Waals surface area contributed by atoms with Crippen LogP contribution in [0.4, 0.5) is 0 Å². The lowest BCUT2D eigenvalue weighted by atomic mass is 10.5. The zero-order valence-electron chi connectivity index (χ0n) is 5.05. The molecular formula is C5H7O4-. The summed E-state index contributed by atoms with van der Waals surface area (Å²) < 4.78 is 4.15. The minimum atomic E-state index is -1.79. The zero-order chi connectivity index (χ0) is 7.28. The molecule has 0 atom stereocenters. The Morgan fingerprint density at radius 3 is 2.44 bits per heavy atom. The molecule has 0 aromatic rings. The molecule has 4 nitrogen and oxygen atoms in total. The third-order valence-electron chi connectivity index (χ3n) is 0.604. The van der Waals surface area contributed by atoms with Gasteiger partial charge in [0.2, 0.25) is 0 Å². The molecule has 0 fully saturated rings. The molecule has 0 radical (unpaired) electrons. The van der Waals surface area contributed by atoms with E-state index in [9.17, 15) is 14.7 Å². The molecule has 0 heterocycles. The number of esters is 1. The Labute approximate surface area is 52.4 Å². The summed E-state index contributed by atoms with van der Waals surface area (Å²) in [5.74, 6) is -3.08. The van der Waals surface area contributed by atoms with Crippen molar-refractivity contribution in [2.24, 2.45) is 0 Å². The van der Waals surface area contributed by atoms with Crippen LogP contribution in [0.1, 0.15) is 13.3 Å². The highest BCUT2D eigenvalue weighted by Gasteiger charge is 1.99. The predicted molar refractivity (Wildman–Crippen MR) is 26.3 cm³/mol. The van der Waals surface area contributed by atoms with Gasteiger partial charge >= 0.3 is 5.97 Å². The summed E-state index contributed by atoms with van der Waals surface area (Å²) >= 11 is 0. The molecule has 9 heavy (non-hydrogen) atoms. The Hall–Kier alpha value is -1.06. The summed E-state index contributed by atoms with van der Waals surface area (Å²) in [5, 5.41) is 9.62. The van der Waals surface area contributed by atoms with Gasteiger partial charge in [0.05, 0.1) is 6.61 Å². The number of hydrogen-bond donors (Lipinski definition) is 0. The van der Waals surface area contributed by atoms with Gasteiger partial charge in [-0.3, -0.25) is 0 Å². The molecule has 0 saturated heterocycles. The van der Waals surface area contributed by atoms with Crippen LogP contribution in [0.25, 0.3) is 0 Å². The van der Waals surface area contributed by atoms with Crippen molar-refractivity contribution in [3.8, 4) is 0 Å². The summed E-state index contributed by atoms with van der Waals surface area (Å²) in [5.41, 5.74) is 0. The molecule has 0 spiro atoms. The number of carbonyl (C=O) groups excluding carboxylic acids is 2. The third-order valence-corrected chi connectivity index (χ3v) is 0.604. The average Bonchev–Trinajstić information content (AvgIpc) is 1.82. The first kappa shape index (κ1) is 7.94. The Morgan fingerprint density at radius 1 is 1.56 bits per heavy atom. The van der Waals surface area contributed by atoms with Gasteiger partial charge in [-0.25, -0.2) is 4.79 Å². The Kier molecular flexibility index (Phi) is 3.43. The second kappa shape index (κ2) is 3.88. The van der Waals surface area contributed by atoms with E-state index < -0.39 is 11.9 Å². The zero-order valence-corrected chi connectivity index (χ0v) is 5.05. The van der Waals surface area contributed by atoms with E-state index in [0.29, 0.717) is 6.42 Å². The van der Waals surface area contributed by atoms with E-state index in [-0.39, 0.29) is 6.61 Å². The van der Waals surface area contributed by atoms with Crippen molar-refractivity contribution in [2.75, 3.05) is 6.61 Å². The SMILES string of the molecule is CCCOC(=O)C(=O)[O-]. The number of carboxylic acid groups (broad SMARTS) is 1. The number of rotatable bonds is 2. The van der Waals surface area contributed by atoms with Crippen LogP contribution in [-0.4, -0.2) is 18.5 Å². The molecule has 0 aromatic carbocycles. The minimum absolute atomic E-state index is 0.132. The maximum atomic E-state index is 10.0. The van der Waals surface area contributed by atoms with Gasteiger partial charge in [0.15, 0.2) is 5.97 Å². The molecule has 0 unspecified atom stereocenters. The number of hydrogen-bond acceptors (Lipinski definition) is 4. The van der Waals surface area contributed by atoms with E-state index in [1.807, 2.05) is 0 Å². The van der Waals surface area contributed by atoms with Crippen LogP contribution >= 0.6 is 0 Å². The first-order chi connectivity index (χ1) is 4.18. The van der Waals surface area contributed by atoms with Crippen molar-refractivity contribution in [1.29, 1.82) is 0 Å². The highest BCUT2D eigenvalue weighted by atomic mass is 16.6. The highest BCUT2D eigenvalue weighted by Crippen LogP contribution is 1.79. The Bertz CT molecular complexity index is 118. The van der Waals surface area contributed by atoms with Gasteiger partial charge in [-0.15, -0.1) is 0 Å². The summed E-state index contributed by atoms with van der Waals surface area (Å²) in [6.45, 7) is 1.90. The van der Waals surface area contributed by atoms with Crippen LogP contribution in [0.3, 0.4) is 0 Å². The van der Waals surface area contributed by atoms with Crippen LogP contribution in [0.2, 0.25) is 0 Å². The van der Waals surface area contributed by atoms with Gasteiger partial charge in [-0.05, 0) is 6.42 Å². The van der Waals surface area contributed by atoms with Crippen LogP contribution in [0.5, 0.6) is 0 Å². The molecule has 0 aliphatic heterocycles.